The van der Waals surface area contributed by atoms with Gasteiger partial charge in [0, 0.05) is 51.1 Å². The van der Waals surface area contributed by atoms with Crippen molar-refractivity contribution in [1.29, 1.82) is 0 Å². The van der Waals surface area contributed by atoms with Gasteiger partial charge in [-0.3, -0.25) is 4.79 Å². The summed E-state index contributed by atoms with van der Waals surface area (Å²) in [6.07, 6.45) is 1.69. The van der Waals surface area contributed by atoms with E-state index in [9.17, 15) is 4.79 Å². The quantitative estimate of drug-likeness (QED) is 0.822. The monoisotopic (exact) mass is 363 g/mol. The molecule has 2 aliphatic rings. The number of nitrogens with zero attached hydrogens (tertiary/aromatic N) is 2. The Balaban J connectivity index is 1.41. The molecular formula is C23H29N3O. The first-order valence-corrected chi connectivity index (χ1v) is 10.0. The second kappa shape index (κ2) is 7.83. The molecule has 1 saturated carbocycles. The molecule has 0 radical (unpaired) electrons. The van der Waals surface area contributed by atoms with E-state index in [1.807, 2.05) is 0 Å². The van der Waals surface area contributed by atoms with Crippen LogP contribution in [0.15, 0.2) is 60.7 Å². The van der Waals surface area contributed by atoms with Crippen molar-refractivity contribution < 1.29 is 4.79 Å². The van der Waals surface area contributed by atoms with Gasteiger partial charge in [0.2, 0.25) is 5.91 Å². The molecule has 2 N–H and O–H groups in total. The summed E-state index contributed by atoms with van der Waals surface area (Å²) < 4.78 is 0. The molecule has 142 valence electrons. The minimum absolute atomic E-state index is 0.172. The van der Waals surface area contributed by atoms with E-state index in [1.165, 1.54) is 17.5 Å². The van der Waals surface area contributed by atoms with Gasteiger partial charge in [-0.25, -0.2) is 0 Å². The van der Waals surface area contributed by atoms with Crippen LogP contribution in [0.4, 0.5) is 0 Å². The number of primary amides is 1. The number of amides is 1. The van der Waals surface area contributed by atoms with Gasteiger partial charge in [0.25, 0.3) is 0 Å². The van der Waals surface area contributed by atoms with Gasteiger partial charge < -0.3 is 15.5 Å². The van der Waals surface area contributed by atoms with Crippen LogP contribution in [0.2, 0.25) is 0 Å². The van der Waals surface area contributed by atoms with Gasteiger partial charge in [-0.05, 0) is 23.5 Å². The number of rotatable bonds is 7. The number of carbonyl (C=O) groups excluding carboxylic acids is 1. The molecular weight excluding hydrogens is 334 g/mol. The van der Waals surface area contributed by atoms with Crippen molar-refractivity contribution in [2.24, 2.45) is 11.7 Å². The predicted molar refractivity (Wildman–Crippen MR) is 108 cm³/mol. The summed E-state index contributed by atoms with van der Waals surface area (Å²) in [5.74, 6) is 0.463. The SMILES string of the molecule is NC(=O)CCN1CCN(C[C@H]2CC2(c2ccccc2)c2ccccc2)CC1. The van der Waals surface area contributed by atoms with Crippen molar-refractivity contribution in [1.82, 2.24) is 9.80 Å². The highest BCUT2D eigenvalue weighted by atomic mass is 16.1. The van der Waals surface area contributed by atoms with Crippen molar-refractivity contribution >= 4 is 5.91 Å². The van der Waals surface area contributed by atoms with E-state index < -0.39 is 0 Å². The molecule has 27 heavy (non-hydrogen) atoms. The van der Waals surface area contributed by atoms with Crippen molar-refractivity contribution in [3.8, 4) is 0 Å². The molecule has 4 heteroatoms. The second-order valence-corrected chi connectivity index (χ2v) is 7.96. The van der Waals surface area contributed by atoms with Crippen LogP contribution in [-0.4, -0.2) is 55.0 Å². The van der Waals surface area contributed by atoms with Gasteiger partial charge in [-0.15, -0.1) is 0 Å². The van der Waals surface area contributed by atoms with E-state index >= 15 is 0 Å². The van der Waals surface area contributed by atoms with Crippen LogP contribution in [0.1, 0.15) is 24.0 Å². The number of nitrogens with two attached hydrogens (primary N) is 1. The Morgan fingerprint density at radius 3 is 1.93 bits per heavy atom. The maximum atomic E-state index is 11.0. The van der Waals surface area contributed by atoms with Gasteiger partial charge in [-0.1, -0.05) is 60.7 Å². The summed E-state index contributed by atoms with van der Waals surface area (Å²) >= 11 is 0. The summed E-state index contributed by atoms with van der Waals surface area (Å²) in [7, 11) is 0. The Labute approximate surface area is 162 Å². The molecule has 2 fully saturated rings. The van der Waals surface area contributed by atoms with Gasteiger partial charge in [0.15, 0.2) is 0 Å². The first-order valence-electron chi connectivity index (χ1n) is 10.0. The molecule has 0 aromatic heterocycles. The molecule has 0 unspecified atom stereocenters. The second-order valence-electron chi connectivity index (χ2n) is 7.96. The van der Waals surface area contributed by atoms with E-state index in [0.717, 1.165) is 39.3 Å². The van der Waals surface area contributed by atoms with Crippen LogP contribution in [0.5, 0.6) is 0 Å². The van der Waals surface area contributed by atoms with Crippen LogP contribution in [0.25, 0.3) is 0 Å². The molecule has 2 aromatic rings. The fourth-order valence-electron chi connectivity index (χ4n) is 4.67. The molecule has 1 saturated heterocycles. The average molecular weight is 364 g/mol. The zero-order chi connectivity index (χ0) is 18.7. The Hall–Kier alpha value is -2.17. The first-order chi connectivity index (χ1) is 13.2. The maximum absolute atomic E-state index is 11.0. The minimum Gasteiger partial charge on any atom is -0.370 e. The highest BCUT2D eigenvalue weighted by Crippen LogP contribution is 2.59. The van der Waals surface area contributed by atoms with Crippen molar-refractivity contribution in [3.63, 3.8) is 0 Å². The standard InChI is InChI=1S/C23H29N3O/c24-22(27)11-12-25-13-15-26(16-14-25)18-21-17-23(21,19-7-3-1-4-8-19)20-9-5-2-6-10-20/h1-10,21H,11-18H2,(H2,24,27)/t21-/m1/s1. The van der Waals surface area contributed by atoms with E-state index in [2.05, 4.69) is 70.5 Å². The van der Waals surface area contributed by atoms with Crippen molar-refractivity contribution in [2.75, 3.05) is 39.3 Å². The summed E-state index contributed by atoms with van der Waals surface area (Å²) in [4.78, 5) is 15.9. The normalized spacial score (nSPS) is 22.4. The Morgan fingerprint density at radius 1 is 0.889 bits per heavy atom. The number of benzene rings is 2. The zero-order valence-electron chi connectivity index (χ0n) is 15.9. The predicted octanol–water partition coefficient (Wildman–Crippen LogP) is 2.49. The first kappa shape index (κ1) is 18.2. The lowest BCUT2D eigenvalue weighted by Gasteiger charge is -2.35. The third-order valence-electron chi connectivity index (χ3n) is 6.30. The van der Waals surface area contributed by atoms with Crippen LogP contribution in [0.3, 0.4) is 0 Å². The molecule has 4 nitrogen and oxygen atoms in total. The smallest absolute Gasteiger partial charge is 0.218 e. The molecule has 1 atom stereocenters. The van der Waals surface area contributed by atoms with Crippen molar-refractivity contribution in [3.05, 3.63) is 71.8 Å². The molecule has 1 amide bonds. The van der Waals surface area contributed by atoms with Gasteiger partial charge in [0.05, 0.1) is 0 Å². The largest absolute Gasteiger partial charge is 0.370 e. The van der Waals surface area contributed by atoms with Gasteiger partial charge in [0.1, 0.15) is 0 Å². The third kappa shape index (κ3) is 3.92. The minimum atomic E-state index is -0.203. The Bertz CT molecular complexity index is 714. The lowest BCUT2D eigenvalue weighted by atomic mass is 9.85. The number of carbonyl (C=O) groups is 1. The van der Waals surface area contributed by atoms with E-state index in [0.29, 0.717) is 12.3 Å². The summed E-state index contributed by atoms with van der Waals surface area (Å²) in [5.41, 5.74) is 8.34. The summed E-state index contributed by atoms with van der Waals surface area (Å²) in [6, 6.07) is 22.0. The average Bonchev–Trinajstić information content (AvgIpc) is 3.44. The fourth-order valence-corrected chi connectivity index (χ4v) is 4.67. The molecule has 1 aliphatic heterocycles. The molecule has 1 aliphatic carbocycles. The number of piperazine rings is 1. The lowest BCUT2D eigenvalue weighted by Crippen LogP contribution is -2.47. The van der Waals surface area contributed by atoms with Gasteiger partial charge >= 0.3 is 0 Å². The van der Waals surface area contributed by atoms with E-state index in [-0.39, 0.29) is 11.3 Å². The molecule has 2 aromatic carbocycles. The van der Waals surface area contributed by atoms with Crippen LogP contribution >= 0.6 is 0 Å². The molecule has 1 heterocycles. The van der Waals surface area contributed by atoms with E-state index in [1.54, 1.807) is 0 Å². The van der Waals surface area contributed by atoms with Gasteiger partial charge in [-0.2, -0.15) is 0 Å². The topological polar surface area (TPSA) is 49.6 Å². The number of hydrogen-bond donors (Lipinski definition) is 1. The molecule has 4 rings (SSSR count). The Morgan fingerprint density at radius 2 is 1.41 bits per heavy atom. The third-order valence-corrected chi connectivity index (χ3v) is 6.30. The summed E-state index contributed by atoms with van der Waals surface area (Å²) in [6.45, 7) is 6.16. The highest BCUT2D eigenvalue weighted by Gasteiger charge is 2.56. The van der Waals surface area contributed by atoms with Crippen LogP contribution < -0.4 is 5.73 Å². The van der Waals surface area contributed by atoms with Crippen LogP contribution in [-0.2, 0) is 10.2 Å². The maximum Gasteiger partial charge on any atom is 0.218 e. The zero-order valence-corrected chi connectivity index (χ0v) is 15.9. The highest BCUT2D eigenvalue weighted by molar-refractivity contribution is 5.73. The lowest BCUT2D eigenvalue weighted by molar-refractivity contribution is -0.118. The van der Waals surface area contributed by atoms with Crippen molar-refractivity contribution in [2.45, 2.75) is 18.3 Å². The Kier molecular flexibility index (Phi) is 5.28. The summed E-state index contributed by atoms with van der Waals surface area (Å²) in [5, 5.41) is 0. The van der Waals surface area contributed by atoms with E-state index in [4.69, 9.17) is 5.73 Å². The number of hydrogen-bond acceptors (Lipinski definition) is 3. The van der Waals surface area contributed by atoms with Crippen LogP contribution in [0, 0.1) is 5.92 Å². The fraction of sp³-hybridized carbons (Fsp3) is 0.435. The molecule has 0 bridgehead atoms. The molecule has 0 spiro atoms.